The van der Waals surface area contributed by atoms with Gasteiger partial charge in [0.1, 0.15) is 0 Å². The highest BCUT2D eigenvalue weighted by atomic mass is 32.2. The standard InChI is InChI=1S/C22H28N2O3S/c1-5-19-10-8-9-17(4)22(19)23-21(25)16-13-18-11-14-20(15-12-18)28(26,27)24(6-2)7-3/h8-16H,5-7H2,1-4H3,(H,23,25)/b16-13+. The van der Waals surface area contributed by atoms with Crippen LogP contribution in [-0.4, -0.2) is 31.7 Å². The number of hydrogen-bond acceptors (Lipinski definition) is 3. The molecule has 0 saturated heterocycles. The average Bonchev–Trinajstić information content (AvgIpc) is 2.69. The van der Waals surface area contributed by atoms with Crippen LogP contribution >= 0.6 is 0 Å². The molecule has 6 heteroatoms. The van der Waals surface area contributed by atoms with E-state index in [-0.39, 0.29) is 10.8 Å². The SMILES string of the molecule is CCc1cccc(C)c1NC(=O)/C=C/c1ccc(S(=O)(=O)N(CC)CC)cc1. The van der Waals surface area contributed by atoms with E-state index in [0.29, 0.717) is 13.1 Å². The first-order valence-corrected chi connectivity index (χ1v) is 10.9. The first-order valence-electron chi connectivity index (χ1n) is 9.51. The summed E-state index contributed by atoms with van der Waals surface area (Å²) in [6.07, 6.45) is 3.97. The fourth-order valence-corrected chi connectivity index (χ4v) is 4.46. The smallest absolute Gasteiger partial charge is 0.248 e. The molecule has 1 amide bonds. The van der Waals surface area contributed by atoms with Crippen molar-refractivity contribution in [1.29, 1.82) is 0 Å². The van der Waals surface area contributed by atoms with Crippen LogP contribution in [0.4, 0.5) is 5.69 Å². The molecular formula is C22H28N2O3S. The van der Waals surface area contributed by atoms with E-state index in [1.807, 2.05) is 45.9 Å². The Hall–Kier alpha value is -2.44. The van der Waals surface area contributed by atoms with Gasteiger partial charge in [0.2, 0.25) is 15.9 Å². The summed E-state index contributed by atoms with van der Waals surface area (Å²) >= 11 is 0. The summed E-state index contributed by atoms with van der Waals surface area (Å²) in [7, 11) is -3.47. The van der Waals surface area contributed by atoms with E-state index in [2.05, 4.69) is 5.32 Å². The van der Waals surface area contributed by atoms with Gasteiger partial charge in [-0.05, 0) is 48.2 Å². The molecule has 0 aliphatic carbocycles. The molecule has 0 aliphatic heterocycles. The van der Waals surface area contributed by atoms with Gasteiger partial charge in [-0.25, -0.2) is 8.42 Å². The molecule has 0 fully saturated rings. The van der Waals surface area contributed by atoms with E-state index in [1.54, 1.807) is 30.3 Å². The van der Waals surface area contributed by atoms with Crippen molar-refractivity contribution < 1.29 is 13.2 Å². The van der Waals surface area contributed by atoms with E-state index < -0.39 is 10.0 Å². The second kappa shape index (κ2) is 9.66. The Kier molecular flexibility index (Phi) is 7.54. The van der Waals surface area contributed by atoms with Crippen LogP contribution < -0.4 is 5.32 Å². The van der Waals surface area contributed by atoms with Crippen molar-refractivity contribution in [3.05, 3.63) is 65.2 Å². The van der Waals surface area contributed by atoms with Gasteiger partial charge in [-0.3, -0.25) is 4.79 Å². The molecule has 0 atom stereocenters. The van der Waals surface area contributed by atoms with Crippen molar-refractivity contribution in [2.45, 2.75) is 39.0 Å². The largest absolute Gasteiger partial charge is 0.322 e. The molecule has 2 rings (SSSR count). The molecule has 1 N–H and O–H groups in total. The van der Waals surface area contributed by atoms with E-state index in [4.69, 9.17) is 0 Å². The highest BCUT2D eigenvalue weighted by molar-refractivity contribution is 7.89. The lowest BCUT2D eigenvalue weighted by Crippen LogP contribution is -2.30. The summed E-state index contributed by atoms with van der Waals surface area (Å²) in [6, 6.07) is 12.5. The number of anilines is 1. The maximum atomic E-state index is 12.5. The summed E-state index contributed by atoms with van der Waals surface area (Å²) in [5, 5.41) is 2.94. The minimum atomic E-state index is -3.47. The third-order valence-corrected chi connectivity index (χ3v) is 6.70. The lowest BCUT2D eigenvalue weighted by atomic mass is 10.1. The number of hydrogen-bond donors (Lipinski definition) is 1. The van der Waals surface area contributed by atoms with E-state index >= 15 is 0 Å². The van der Waals surface area contributed by atoms with Gasteiger partial charge in [0.05, 0.1) is 4.90 Å². The second-order valence-electron chi connectivity index (χ2n) is 6.44. The maximum absolute atomic E-state index is 12.5. The number of carbonyl (C=O) groups is 1. The van der Waals surface area contributed by atoms with Crippen LogP contribution in [0.3, 0.4) is 0 Å². The van der Waals surface area contributed by atoms with E-state index in [0.717, 1.165) is 28.8 Å². The zero-order valence-corrected chi connectivity index (χ0v) is 17.7. The number of rotatable bonds is 8. The molecule has 0 unspecified atom stereocenters. The highest BCUT2D eigenvalue weighted by Crippen LogP contribution is 2.21. The molecule has 0 aliphatic rings. The topological polar surface area (TPSA) is 66.5 Å². The quantitative estimate of drug-likeness (QED) is 0.674. The van der Waals surface area contributed by atoms with Crippen molar-refractivity contribution in [2.24, 2.45) is 0 Å². The van der Waals surface area contributed by atoms with Crippen LogP contribution in [0.15, 0.2) is 53.4 Å². The fourth-order valence-electron chi connectivity index (χ4n) is 3.00. The maximum Gasteiger partial charge on any atom is 0.248 e. The van der Waals surface area contributed by atoms with Gasteiger partial charge < -0.3 is 5.32 Å². The normalized spacial score (nSPS) is 11.9. The molecule has 150 valence electrons. The van der Waals surface area contributed by atoms with Gasteiger partial charge in [0.15, 0.2) is 0 Å². The fraction of sp³-hybridized carbons (Fsp3) is 0.318. The Balaban J connectivity index is 2.12. The number of aryl methyl sites for hydroxylation is 2. The van der Waals surface area contributed by atoms with Crippen LogP contribution in [-0.2, 0) is 21.2 Å². The van der Waals surface area contributed by atoms with Gasteiger partial charge >= 0.3 is 0 Å². The summed E-state index contributed by atoms with van der Waals surface area (Å²) < 4.78 is 26.4. The second-order valence-corrected chi connectivity index (χ2v) is 8.38. The zero-order valence-electron chi connectivity index (χ0n) is 16.9. The Morgan fingerprint density at radius 2 is 1.68 bits per heavy atom. The monoisotopic (exact) mass is 400 g/mol. The number of nitrogens with zero attached hydrogens (tertiary/aromatic N) is 1. The number of para-hydroxylation sites is 1. The number of benzene rings is 2. The van der Waals surface area contributed by atoms with Crippen molar-refractivity contribution in [1.82, 2.24) is 4.31 Å². The number of nitrogens with one attached hydrogen (secondary N) is 1. The van der Waals surface area contributed by atoms with Gasteiger partial charge in [0, 0.05) is 24.9 Å². The molecule has 0 heterocycles. The molecule has 0 radical (unpaired) electrons. The Bertz CT molecular complexity index is 944. The van der Waals surface area contributed by atoms with Gasteiger partial charge in [0.25, 0.3) is 0 Å². The summed E-state index contributed by atoms with van der Waals surface area (Å²) in [5.41, 5.74) is 3.72. The molecule has 0 saturated carbocycles. The van der Waals surface area contributed by atoms with E-state index in [1.165, 1.54) is 10.4 Å². The molecule has 2 aromatic carbocycles. The lowest BCUT2D eigenvalue weighted by Gasteiger charge is -2.18. The van der Waals surface area contributed by atoms with Gasteiger partial charge in [-0.15, -0.1) is 0 Å². The van der Waals surface area contributed by atoms with Crippen LogP contribution in [0.25, 0.3) is 6.08 Å². The molecule has 0 aromatic heterocycles. The minimum absolute atomic E-state index is 0.219. The zero-order chi connectivity index (χ0) is 20.7. The minimum Gasteiger partial charge on any atom is -0.322 e. The predicted octanol–water partition coefficient (Wildman–Crippen LogP) is 4.24. The van der Waals surface area contributed by atoms with Crippen molar-refractivity contribution >= 4 is 27.7 Å². The van der Waals surface area contributed by atoms with Gasteiger partial charge in [-0.1, -0.05) is 51.1 Å². The third kappa shape index (κ3) is 5.09. The number of sulfonamides is 1. The van der Waals surface area contributed by atoms with Crippen LogP contribution in [0.1, 0.15) is 37.5 Å². The average molecular weight is 401 g/mol. The van der Waals surface area contributed by atoms with Gasteiger partial charge in [-0.2, -0.15) is 4.31 Å². The number of carbonyl (C=O) groups excluding carboxylic acids is 1. The Labute approximate surface area is 168 Å². The molecule has 5 nitrogen and oxygen atoms in total. The van der Waals surface area contributed by atoms with Crippen molar-refractivity contribution in [3.63, 3.8) is 0 Å². The third-order valence-electron chi connectivity index (χ3n) is 4.64. The van der Waals surface area contributed by atoms with Crippen LogP contribution in [0.5, 0.6) is 0 Å². The number of amides is 1. The Morgan fingerprint density at radius 3 is 2.25 bits per heavy atom. The highest BCUT2D eigenvalue weighted by Gasteiger charge is 2.20. The first-order chi connectivity index (χ1) is 13.3. The molecule has 2 aromatic rings. The Morgan fingerprint density at radius 1 is 1.04 bits per heavy atom. The van der Waals surface area contributed by atoms with Crippen LogP contribution in [0, 0.1) is 6.92 Å². The first kappa shape index (κ1) is 21.9. The molecule has 0 bridgehead atoms. The lowest BCUT2D eigenvalue weighted by molar-refractivity contribution is -0.111. The molecular weight excluding hydrogens is 372 g/mol. The summed E-state index contributed by atoms with van der Waals surface area (Å²) in [6.45, 7) is 8.50. The van der Waals surface area contributed by atoms with Crippen molar-refractivity contribution in [3.8, 4) is 0 Å². The summed E-state index contributed by atoms with van der Waals surface area (Å²) in [4.78, 5) is 12.6. The molecule has 0 spiro atoms. The molecule has 28 heavy (non-hydrogen) atoms. The summed E-state index contributed by atoms with van der Waals surface area (Å²) in [5.74, 6) is -0.219. The van der Waals surface area contributed by atoms with Crippen molar-refractivity contribution in [2.75, 3.05) is 18.4 Å². The predicted molar refractivity (Wildman–Crippen MR) is 115 cm³/mol. The van der Waals surface area contributed by atoms with E-state index in [9.17, 15) is 13.2 Å². The van der Waals surface area contributed by atoms with Crippen LogP contribution in [0.2, 0.25) is 0 Å².